The fourth-order valence-electron chi connectivity index (χ4n) is 4.05. The molecule has 0 radical (unpaired) electrons. The second-order valence-corrected chi connectivity index (χ2v) is 9.79. The predicted molar refractivity (Wildman–Crippen MR) is 156 cm³/mol. The van der Waals surface area contributed by atoms with Gasteiger partial charge in [-0.2, -0.15) is 0 Å². The van der Waals surface area contributed by atoms with Crippen LogP contribution in [0.15, 0.2) is 48.6 Å². The fraction of sp³-hybridized carbons (Fsp3) is 0.719. The van der Waals surface area contributed by atoms with Crippen molar-refractivity contribution in [2.24, 2.45) is 0 Å². The first-order chi connectivity index (χ1) is 17.7. The van der Waals surface area contributed by atoms with Gasteiger partial charge in [0, 0.05) is 6.42 Å². The maximum Gasteiger partial charge on any atom is 0.220 e. The summed E-state index contributed by atoms with van der Waals surface area (Å²) in [6.07, 6.45) is 35.8. The van der Waals surface area contributed by atoms with E-state index in [1.165, 1.54) is 44.9 Å². The lowest BCUT2D eigenvalue weighted by Crippen LogP contribution is -2.45. The summed E-state index contributed by atoms with van der Waals surface area (Å²) in [6, 6.07) is -0.555. The van der Waals surface area contributed by atoms with Gasteiger partial charge in [0.1, 0.15) is 0 Å². The maximum absolute atomic E-state index is 12.2. The summed E-state index contributed by atoms with van der Waals surface area (Å²) in [5.41, 5.74) is 0. The van der Waals surface area contributed by atoms with Gasteiger partial charge in [-0.05, 0) is 51.4 Å². The molecule has 2 atom stereocenters. The Labute approximate surface area is 223 Å². The van der Waals surface area contributed by atoms with Crippen molar-refractivity contribution in [3.63, 3.8) is 0 Å². The van der Waals surface area contributed by atoms with Gasteiger partial charge in [-0.15, -0.1) is 0 Å². The third kappa shape index (κ3) is 24.1. The van der Waals surface area contributed by atoms with E-state index < -0.39 is 12.1 Å². The Morgan fingerprint density at radius 3 is 1.78 bits per heavy atom. The van der Waals surface area contributed by atoms with Gasteiger partial charge in [-0.1, -0.05) is 120 Å². The molecule has 4 nitrogen and oxygen atoms in total. The minimum atomic E-state index is -0.673. The summed E-state index contributed by atoms with van der Waals surface area (Å²) >= 11 is 0. The van der Waals surface area contributed by atoms with Crippen molar-refractivity contribution in [2.75, 3.05) is 6.61 Å². The Morgan fingerprint density at radius 2 is 1.22 bits per heavy atom. The number of carbonyl (C=O) groups is 1. The molecule has 0 bridgehead atoms. The molecule has 2 unspecified atom stereocenters. The molecule has 0 aliphatic heterocycles. The van der Waals surface area contributed by atoms with Crippen LogP contribution in [0, 0.1) is 0 Å². The zero-order valence-corrected chi connectivity index (χ0v) is 23.5. The number of aliphatic hydroxyl groups is 2. The molecule has 36 heavy (non-hydrogen) atoms. The van der Waals surface area contributed by atoms with Crippen LogP contribution < -0.4 is 5.32 Å². The lowest BCUT2D eigenvalue weighted by molar-refractivity contribution is -0.123. The molecule has 208 valence electrons. The molecular weight excluding hydrogens is 446 g/mol. The third-order valence-electron chi connectivity index (χ3n) is 6.35. The number of rotatable bonds is 25. The average Bonchev–Trinajstić information content (AvgIpc) is 2.88. The van der Waals surface area contributed by atoms with Crippen LogP contribution >= 0.6 is 0 Å². The molecule has 0 rings (SSSR count). The Morgan fingerprint density at radius 1 is 0.694 bits per heavy atom. The number of aliphatic hydroxyl groups excluding tert-OH is 2. The van der Waals surface area contributed by atoms with Crippen LogP contribution in [0.4, 0.5) is 0 Å². The van der Waals surface area contributed by atoms with Crippen molar-refractivity contribution in [3.8, 4) is 0 Å². The molecule has 0 aliphatic rings. The Kier molecular flexibility index (Phi) is 26.6. The molecule has 0 heterocycles. The molecule has 0 aromatic rings. The standard InChI is InChI=1S/C32H57NO3/c1-3-5-7-9-11-13-14-15-16-17-18-20-22-24-26-28-32(36)33-30(29-34)31(35)27-25-23-21-19-12-10-8-6-4-2/h5,7,11,13,15-16,18,20,30-31,34-35H,3-4,6,8-10,12,14,17,19,21-29H2,1-2H3,(H,33,36)/b7-5-,13-11-,16-15-,20-18-. The average molecular weight is 504 g/mol. The first kappa shape index (κ1) is 34.4. The van der Waals surface area contributed by atoms with Gasteiger partial charge in [-0.25, -0.2) is 0 Å². The summed E-state index contributed by atoms with van der Waals surface area (Å²) in [6.45, 7) is 4.17. The summed E-state index contributed by atoms with van der Waals surface area (Å²) in [5.74, 6) is -0.0784. The topological polar surface area (TPSA) is 69.6 Å². The predicted octanol–water partition coefficient (Wildman–Crippen LogP) is 8.11. The fourth-order valence-corrected chi connectivity index (χ4v) is 4.05. The van der Waals surface area contributed by atoms with E-state index in [9.17, 15) is 15.0 Å². The van der Waals surface area contributed by atoms with E-state index in [1.54, 1.807) is 0 Å². The van der Waals surface area contributed by atoms with Crippen LogP contribution in [0.5, 0.6) is 0 Å². The van der Waals surface area contributed by atoms with Crippen LogP contribution in [0.2, 0.25) is 0 Å². The second kappa shape index (κ2) is 27.9. The third-order valence-corrected chi connectivity index (χ3v) is 6.35. The Bertz CT molecular complexity index is 594. The molecular formula is C32H57NO3. The van der Waals surface area contributed by atoms with Gasteiger partial charge in [0.25, 0.3) is 0 Å². The van der Waals surface area contributed by atoms with Crippen LogP contribution in [-0.2, 0) is 4.79 Å². The SMILES string of the molecule is CC/C=C\C/C=C\C/C=C\C/C=C\CCCCC(=O)NC(CO)C(O)CCCCCCCCCCC. The summed E-state index contributed by atoms with van der Waals surface area (Å²) in [7, 11) is 0. The van der Waals surface area contributed by atoms with Crippen molar-refractivity contribution in [2.45, 2.75) is 142 Å². The van der Waals surface area contributed by atoms with Crippen molar-refractivity contribution in [1.82, 2.24) is 5.32 Å². The van der Waals surface area contributed by atoms with Gasteiger partial charge >= 0.3 is 0 Å². The quantitative estimate of drug-likeness (QED) is 0.0870. The first-order valence-electron chi connectivity index (χ1n) is 14.8. The second-order valence-electron chi connectivity index (χ2n) is 9.79. The van der Waals surface area contributed by atoms with E-state index in [-0.39, 0.29) is 12.5 Å². The van der Waals surface area contributed by atoms with Gasteiger partial charge in [0.15, 0.2) is 0 Å². The molecule has 0 spiro atoms. The van der Waals surface area contributed by atoms with E-state index in [0.717, 1.165) is 57.8 Å². The lowest BCUT2D eigenvalue weighted by atomic mass is 10.0. The van der Waals surface area contributed by atoms with Crippen molar-refractivity contribution >= 4 is 5.91 Å². The van der Waals surface area contributed by atoms with Crippen LogP contribution in [-0.4, -0.2) is 34.9 Å². The van der Waals surface area contributed by atoms with E-state index in [1.807, 2.05) is 0 Å². The minimum absolute atomic E-state index is 0.0784. The Balaban J connectivity index is 3.75. The van der Waals surface area contributed by atoms with Crippen molar-refractivity contribution in [1.29, 1.82) is 0 Å². The zero-order chi connectivity index (χ0) is 26.5. The van der Waals surface area contributed by atoms with Gasteiger partial charge in [-0.3, -0.25) is 4.79 Å². The minimum Gasteiger partial charge on any atom is -0.394 e. The highest BCUT2D eigenvalue weighted by Gasteiger charge is 2.19. The number of unbranched alkanes of at least 4 members (excludes halogenated alkanes) is 10. The molecule has 0 aromatic heterocycles. The summed E-state index contributed by atoms with van der Waals surface area (Å²) in [4.78, 5) is 12.2. The van der Waals surface area contributed by atoms with Crippen LogP contribution in [0.3, 0.4) is 0 Å². The highest BCUT2D eigenvalue weighted by atomic mass is 16.3. The van der Waals surface area contributed by atoms with E-state index in [4.69, 9.17) is 0 Å². The van der Waals surface area contributed by atoms with Crippen LogP contribution in [0.25, 0.3) is 0 Å². The number of allylic oxidation sites excluding steroid dienone is 8. The molecule has 0 aliphatic carbocycles. The largest absolute Gasteiger partial charge is 0.394 e. The summed E-state index contributed by atoms with van der Waals surface area (Å²) in [5, 5.41) is 22.8. The normalized spacial score (nSPS) is 14.0. The number of hydrogen-bond acceptors (Lipinski definition) is 3. The zero-order valence-electron chi connectivity index (χ0n) is 23.5. The summed E-state index contributed by atoms with van der Waals surface area (Å²) < 4.78 is 0. The van der Waals surface area contributed by atoms with Gasteiger partial charge in [0.2, 0.25) is 5.91 Å². The molecule has 0 aromatic carbocycles. The molecule has 0 saturated carbocycles. The number of amides is 1. The van der Waals surface area contributed by atoms with Gasteiger partial charge in [0.05, 0.1) is 18.8 Å². The van der Waals surface area contributed by atoms with Crippen molar-refractivity contribution in [3.05, 3.63) is 48.6 Å². The lowest BCUT2D eigenvalue weighted by Gasteiger charge is -2.22. The van der Waals surface area contributed by atoms with E-state index >= 15 is 0 Å². The van der Waals surface area contributed by atoms with Crippen LogP contribution in [0.1, 0.15) is 129 Å². The molecule has 1 amide bonds. The molecule has 0 fully saturated rings. The highest BCUT2D eigenvalue weighted by molar-refractivity contribution is 5.76. The smallest absolute Gasteiger partial charge is 0.220 e. The molecule has 0 saturated heterocycles. The number of carbonyl (C=O) groups excluding carboxylic acids is 1. The Hall–Kier alpha value is -1.65. The maximum atomic E-state index is 12.2. The monoisotopic (exact) mass is 503 g/mol. The van der Waals surface area contributed by atoms with Gasteiger partial charge < -0.3 is 15.5 Å². The number of nitrogens with one attached hydrogen (secondary N) is 1. The highest BCUT2D eigenvalue weighted by Crippen LogP contribution is 2.13. The van der Waals surface area contributed by atoms with E-state index in [2.05, 4.69) is 67.8 Å². The number of hydrogen-bond donors (Lipinski definition) is 3. The molecule has 4 heteroatoms. The van der Waals surface area contributed by atoms with E-state index in [0.29, 0.717) is 12.8 Å². The first-order valence-corrected chi connectivity index (χ1v) is 14.8. The molecule has 3 N–H and O–H groups in total. The van der Waals surface area contributed by atoms with Crippen molar-refractivity contribution < 1.29 is 15.0 Å².